The van der Waals surface area contributed by atoms with E-state index in [1.54, 1.807) is 4.90 Å². The summed E-state index contributed by atoms with van der Waals surface area (Å²) in [4.78, 5) is 23.9. The molecule has 1 atom stereocenters. The smallest absolute Gasteiger partial charge is 0.303 e. The van der Waals surface area contributed by atoms with Gasteiger partial charge in [-0.2, -0.15) is 0 Å². The maximum Gasteiger partial charge on any atom is 0.303 e. The van der Waals surface area contributed by atoms with Gasteiger partial charge < -0.3 is 10.0 Å². The summed E-state index contributed by atoms with van der Waals surface area (Å²) in [5.74, 6) is -0.0904. The van der Waals surface area contributed by atoms with Gasteiger partial charge in [0.05, 0.1) is 23.7 Å². The average Bonchev–Trinajstić information content (AvgIpc) is 2.59. The monoisotopic (exact) mass is 307 g/mol. The quantitative estimate of drug-likeness (QED) is 0.759. The lowest BCUT2D eigenvalue weighted by Gasteiger charge is -2.38. The number of carbonyl (C=O) groups is 2. The first-order valence-electron chi connectivity index (χ1n) is 6.17. The Hall–Kier alpha value is -0.760. The molecule has 0 aromatic heterocycles. The normalized spacial score (nSPS) is 26.1. The van der Waals surface area contributed by atoms with Crippen LogP contribution in [0.3, 0.4) is 0 Å². The number of thioether (sulfide) groups is 1. The number of rotatable bonds is 5. The molecule has 2 aliphatic heterocycles. The summed E-state index contributed by atoms with van der Waals surface area (Å²) < 4.78 is 22.5. The highest BCUT2D eigenvalue weighted by Crippen LogP contribution is 2.26. The topological polar surface area (TPSA) is 91.8 Å². The minimum Gasteiger partial charge on any atom is -0.481 e. The molecule has 0 aromatic carbocycles. The Balaban J connectivity index is 1.65. The van der Waals surface area contributed by atoms with E-state index in [2.05, 4.69) is 0 Å². The van der Waals surface area contributed by atoms with Gasteiger partial charge in [0.1, 0.15) is 0 Å². The molecule has 2 heterocycles. The van der Waals surface area contributed by atoms with Crippen molar-refractivity contribution in [1.82, 2.24) is 4.90 Å². The Morgan fingerprint density at radius 2 is 2.00 bits per heavy atom. The molecule has 2 rings (SSSR count). The molecule has 0 aliphatic carbocycles. The minimum atomic E-state index is -2.89. The van der Waals surface area contributed by atoms with Gasteiger partial charge in [0, 0.05) is 24.3 Å². The molecule has 108 valence electrons. The molecular weight excluding hydrogens is 290 g/mol. The number of carboxylic acids is 1. The number of sulfone groups is 1. The second-order valence-electron chi connectivity index (χ2n) is 5.10. The largest absolute Gasteiger partial charge is 0.481 e. The number of likely N-dealkylation sites (tertiary alicyclic amines) is 1. The van der Waals surface area contributed by atoms with E-state index in [0.29, 0.717) is 25.3 Å². The van der Waals surface area contributed by atoms with E-state index >= 15 is 0 Å². The van der Waals surface area contributed by atoms with Gasteiger partial charge in [-0.1, -0.05) is 0 Å². The fraction of sp³-hybridized carbons (Fsp3) is 0.818. The van der Waals surface area contributed by atoms with Crippen molar-refractivity contribution < 1.29 is 23.1 Å². The van der Waals surface area contributed by atoms with Crippen LogP contribution in [0.4, 0.5) is 0 Å². The van der Waals surface area contributed by atoms with Crippen molar-refractivity contribution in [2.75, 3.05) is 30.3 Å². The fourth-order valence-corrected chi connectivity index (χ4v) is 5.87. The van der Waals surface area contributed by atoms with Gasteiger partial charge in [-0.25, -0.2) is 8.42 Å². The minimum absolute atomic E-state index is 0.0177. The maximum atomic E-state index is 11.8. The summed E-state index contributed by atoms with van der Waals surface area (Å²) in [6, 6.07) is 0. The van der Waals surface area contributed by atoms with E-state index in [-0.39, 0.29) is 35.0 Å². The number of aliphatic carboxylic acids is 1. The van der Waals surface area contributed by atoms with Crippen LogP contribution in [-0.2, 0) is 19.4 Å². The first-order chi connectivity index (χ1) is 8.85. The van der Waals surface area contributed by atoms with E-state index in [0.717, 1.165) is 0 Å². The zero-order valence-corrected chi connectivity index (χ0v) is 12.1. The molecule has 0 radical (unpaired) electrons. The summed E-state index contributed by atoms with van der Waals surface area (Å²) in [7, 11) is -2.89. The van der Waals surface area contributed by atoms with Gasteiger partial charge >= 0.3 is 5.97 Å². The van der Waals surface area contributed by atoms with Crippen LogP contribution in [0, 0.1) is 5.92 Å². The lowest BCUT2D eigenvalue weighted by molar-refractivity contribution is -0.143. The van der Waals surface area contributed by atoms with E-state index in [4.69, 9.17) is 5.11 Å². The summed E-state index contributed by atoms with van der Waals surface area (Å²) in [5, 5.41) is 8.64. The second kappa shape index (κ2) is 5.70. The standard InChI is InChI=1S/C11H17NO5S2/c13-10(12-4-8(5-12)3-11(14)15)6-18-9-1-2-19(16,17)7-9/h8-9H,1-7H2,(H,14,15). The Morgan fingerprint density at radius 3 is 2.53 bits per heavy atom. The molecule has 0 aromatic rings. The molecule has 19 heavy (non-hydrogen) atoms. The molecule has 2 fully saturated rings. The zero-order valence-electron chi connectivity index (χ0n) is 10.4. The van der Waals surface area contributed by atoms with Crippen LogP contribution in [-0.4, -0.2) is 65.9 Å². The number of nitrogens with zero attached hydrogens (tertiary/aromatic N) is 1. The van der Waals surface area contributed by atoms with Crippen molar-refractivity contribution in [3.8, 4) is 0 Å². The van der Waals surface area contributed by atoms with Gasteiger partial charge in [0.2, 0.25) is 5.91 Å². The lowest BCUT2D eigenvalue weighted by atomic mass is 9.96. The van der Waals surface area contributed by atoms with Crippen LogP contribution >= 0.6 is 11.8 Å². The Kier molecular flexibility index (Phi) is 4.39. The van der Waals surface area contributed by atoms with Crippen molar-refractivity contribution >= 4 is 33.5 Å². The summed E-state index contributed by atoms with van der Waals surface area (Å²) in [5.41, 5.74) is 0. The van der Waals surface area contributed by atoms with Crippen molar-refractivity contribution in [2.45, 2.75) is 18.1 Å². The Bertz CT molecular complexity index is 469. The van der Waals surface area contributed by atoms with Crippen LogP contribution in [0.1, 0.15) is 12.8 Å². The molecule has 1 N–H and O–H groups in total. The zero-order chi connectivity index (χ0) is 14.0. The number of hydrogen-bond donors (Lipinski definition) is 1. The van der Waals surface area contributed by atoms with E-state index in [1.165, 1.54) is 11.8 Å². The highest BCUT2D eigenvalue weighted by atomic mass is 32.2. The van der Waals surface area contributed by atoms with Crippen molar-refractivity contribution in [3.05, 3.63) is 0 Å². The molecular formula is C11H17NO5S2. The van der Waals surface area contributed by atoms with Gasteiger partial charge in [-0.3, -0.25) is 9.59 Å². The van der Waals surface area contributed by atoms with E-state index in [9.17, 15) is 18.0 Å². The molecule has 1 unspecified atom stereocenters. The number of carbonyl (C=O) groups excluding carboxylic acids is 1. The third-order valence-corrected chi connectivity index (χ3v) is 6.67. The van der Waals surface area contributed by atoms with Crippen LogP contribution in [0.25, 0.3) is 0 Å². The summed E-state index contributed by atoms with van der Waals surface area (Å²) in [6.45, 7) is 1.02. The van der Waals surface area contributed by atoms with Crippen molar-refractivity contribution in [2.24, 2.45) is 5.92 Å². The van der Waals surface area contributed by atoms with Crippen molar-refractivity contribution in [3.63, 3.8) is 0 Å². The molecule has 0 spiro atoms. The predicted octanol–water partition coefficient (Wildman–Crippen LogP) is -0.160. The number of hydrogen-bond acceptors (Lipinski definition) is 5. The fourth-order valence-electron chi connectivity index (χ4n) is 2.32. The van der Waals surface area contributed by atoms with E-state index < -0.39 is 15.8 Å². The molecule has 8 heteroatoms. The second-order valence-corrected chi connectivity index (χ2v) is 8.62. The average molecular weight is 307 g/mol. The van der Waals surface area contributed by atoms with Gasteiger partial charge in [0.25, 0.3) is 0 Å². The Morgan fingerprint density at radius 1 is 1.32 bits per heavy atom. The first kappa shape index (κ1) is 14.6. The first-order valence-corrected chi connectivity index (χ1v) is 9.04. The molecule has 2 aliphatic rings. The van der Waals surface area contributed by atoms with E-state index in [1.807, 2.05) is 0 Å². The Labute approximate surface area is 116 Å². The number of carboxylic acid groups (broad SMARTS) is 1. The predicted molar refractivity (Wildman–Crippen MR) is 71.8 cm³/mol. The number of amides is 1. The van der Waals surface area contributed by atoms with Gasteiger partial charge in [-0.05, 0) is 6.42 Å². The summed E-state index contributed by atoms with van der Waals surface area (Å²) in [6.07, 6.45) is 0.736. The highest BCUT2D eigenvalue weighted by Gasteiger charge is 2.33. The van der Waals surface area contributed by atoms with Crippen molar-refractivity contribution in [1.29, 1.82) is 0 Å². The molecule has 6 nitrogen and oxygen atoms in total. The maximum absolute atomic E-state index is 11.8. The summed E-state index contributed by atoms with van der Waals surface area (Å²) >= 11 is 1.40. The molecule has 0 saturated carbocycles. The van der Waals surface area contributed by atoms with Crippen LogP contribution in [0.2, 0.25) is 0 Å². The molecule has 2 saturated heterocycles. The third-order valence-electron chi connectivity index (χ3n) is 3.41. The van der Waals surface area contributed by atoms with Gasteiger partial charge in [-0.15, -0.1) is 11.8 Å². The third kappa shape index (κ3) is 4.10. The van der Waals surface area contributed by atoms with Crippen LogP contribution in [0.15, 0.2) is 0 Å². The molecule has 1 amide bonds. The van der Waals surface area contributed by atoms with Crippen LogP contribution < -0.4 is 0 Å². The van der Waals surface area contributed by atoms with Crippen LogP contribution in [0.5, 0.6) is 0 Å². The highest BCUT2D eigenvalue weighted by molar-refractivity contribution is 8.02. The van der Waals surface area contributed by atoms with Gasteiger partial charge in [0.15, 0.2) is 9.84 Å². The SMILES string of the molecule is O=C(O)CC1CN(C(=O)CSC2CCS(=O)(=O)C2)C1. The lowest BCUT2D eigenvalue weighted by Crippen LogP contribution is -2.51. The molecule has 0 bridgehead atoms.